The van der Waals surface area contributed by atoms with Crippen molar-refractivity contribution < 1.29 is 14.0 Å². The lowest BCUT2D eigenvalue weighted by atomic mass is 10.2. The SMILES string of the molecule is C=CCN=C1NC(=O)[C@H](CC(=O)Nc2ccc(F)c(Cl)c2)S1. The first-order chi connectivity index (χ1) is 10.5. The highest BCUT2D eigenvalue weighted by Crippen LogP contribution is 2.24. The molecule has 0 spiro atoms. The average Bonchev–Trinajstić information content (AvgIpc) is 2.81. The molecule has 0 aliphatic carbocycles. The molecule has 8 heteroatoms. The topological polar surface area (TPSA) is 70.6 Å². The quantitative estimate of drug-likeness (QED) is 0.809. The highest BCUT2D eigenvalue weighted by atomic mass is 35.5. The summed E-state index contributed by atoms with van der Waals surface area (Å²) in [4.78, 5) is 27.8. The van der Waals surface area contributed by atoms with Gasteiger partial charge in [-0.1, -0.05) is 29.4 Å². The van der Waals surface area contributed by atoms with Crippen molar-refractivity contribution in [3.05, 3.63) is 41.7 Å². The van der Waals surface area contributed by atoms with E-state index in [9.17, 15) is 14.0 Å². The van der Waals surface area contributed by atoms with Crippen molar-refractivity contribution in [2.45, 2.75) is 11.7 Å². The number of aliphatic imine (C=N–C) groups is 1. The standard InChI is InChI=1S/C14H13ClFN3O2S/c1-2-5-17-14-19-13(21)11(22-14)7-12(20)18-8-3-4-10(16)9(15)6-8/h2-4,6,11H,1,5,7H2,(H,18,20)(H,17,19,21)/t11-/m0/s1. The van der Waals surface area contributed by atoms with Gasteiger partial charge in [0, 0.05) is 12.1 Å². The smallest absolute Gasteiger partial charge is 0.240 e. The van der Waals surface area contributed by atoms with Gasteiger partial charge >= 0.3 is 0 Å². The molecule has 1 saturated heterocycles. The largest absolute Gasteiger partial charge is 0.326 e. The number of benzene rings is 1. The minimum Gasteiger partial charge on any atom is -0.326 e. The molecule has 2 rings (SSSR count). The van der Waals surface area contributed by atoms with Crippen LogP contribution < -0.4 is 10.6 Å². The van der Waals surface area contributed by atoms with Crippen molar-refractivity contribution in [2.75, 3.05) is 11.9 Å². The lowest BCUT2D eigenvalue weighted by Crippen LogP contribution is -2.28. The molecule has 1 aromatic carbocycles. The van der Waals surface area contributed by atoms with Gasteiger partial charge in [-0.3, -0.25) is 14.6 Å². The van der Waals surface area contributed by atoms with Crippen molar-refractivity contribution in [3.8, 4) is 0 Å². The lowest BCUT2D eigenvalue weighted by molar-refractivity contribution is -0.122. The molecule has 5 nitrogen and oxygen atoms in total. The number of hydrogen-bond acceptors (Lipinski definition) is 4. The van der Waals surface area contributed by atoms with Gasteiger partial charge in [0.05, 0.1) is 11.6 Å². The first kappa shape index (κ1) is 16.5. The minimum absolute atomic E-state index is 0.0153. The number of thioether (sulfide) groups is 1. The zero-order chi connectivity index (χ0) is 16.1. The average molecular weight is 342 g/mol. The molecule has 1 aromatic rings. The van der Waals surface area contributed by atoms with E-state index in [2.05, 4.69) is 22.2 Å². The summed E-state index contributed by atoms with van der Waals surface area (Å²) in [7, 11) is 0. The fraction of sp³-hybridized carbons (Fsp3) is 0.214. The van der Waals surface area contributed by atoms with Crippen molar-refractivity contribution in [2.24, 2.45) is 4.99 Å². The van der Waals surface area contributed by atoms with Gasteiger partial charge in [-0.05, 0) is 18.2 Å². The second-order valence-electron chi connectivity index (χ2n) is 4.41. The maximum atomic E-state index is 13.0. The molecule has 116 valence electrons. The van der Waals surface area contributed by atoms with Gasteiger partial charge in [0.1, 0.15) is 11.1 Å². The van der Waals surface area contributed by atoms with Crippen LogP contribution in [0.1, 0.15) is 6.42 Å². The van der Waals surface area contributed by atoms with Crippen LogP contribution in [0.25, 0.3) is 0 Å². The van der Waals surface area contributed by atoms with Crippen molar-refractivity contribution in [3.63, 3.8) is 0 Å². The molecule has 2 amide bonds. The van der Waals surface area contributed by atoms with E-state index >= 15 is 0 Å². The van der Waals surface area contributed by atoms with E-state index in [1.807, 2.05) is 0 Å². The van der Waals surface area contributed by atoms with Crippen molar-refractivity contribution in [1.82, 2.24) is 5.32 Å². The van der Waals surface area contributed by atoms with E-state index in [-0.39, 0.29) is 23.3 Å². The first-order valence-electron chi connectivity index (χ1n) is 6.37. The van der Waals surface area contributed by atoms with Crippen LogP contribution in [0.15, 0.2) is 35.8 Å². The number of halogens is 2. The number of rotatable bonds is 5. The Morgan fingerprint density at radius 1 is 1.59 bits per heavy atom. The highest BCUT2D eigenvalue weighted by molar-refractivity contribution is 8.15. The summed E-state index contributed by atoms with van der Waals surface area (Å²) in [5.41, 5.74) is 0.375. The number of hydrogen-bond donors (Lipinski definition) is 2. The summed E-state index contributed by atoms with van der Waals surface area (Å²) in [5, 5.41) is 5.03. The molecule has 1 fully saturated rings. The number of carbonyl (C=O) groups excluding carboxylic acids is 2. The van der Waals surface area contributed by atoms with Crippen LogP contribution in [0.4, 0.5) is 10.1 Å². The Morgan fingerprint density at radius 2 is 2.36 bits per heavy atom. The first-order valence-corrected chi connectivity index (χ1v) is 7.63. The van der Waals surface area contributed by atoms with Gasteiger partial charge in [-0.15, -0.1) is 6.58 Å². The van der Waals surface area contributed by atoms with Crippen LogP contribution in [0.5, 0.6) is 0 Å². The Hall–Kier alpha value is -1.86. The number of carbonyl (C=O) groups is 2. The Balaban J connectivity index is 1.93. The van der Waals surface area contributed by atoms with Crippen LogP contribution in [-0.4, -0.2) is 28.8 Å². The van der Waals surface area contributed by atoms with Crippen LogP contribution in [0.3, 0.4) is 0 Å². The van der Waals surface area contributed by atoms with Crippen LogP contribution >= 0.6 is 23.4 Å². The second kappa shape index (κ2) is 7.42. The zero-order valence-electron chi connectivity index (χ0n) is 11.4. The van der Waals surface area contributed by atoms with Gasteiger partial charge in [0.25, 0.3) is 0 Å². The summed E-state index contributed by atoms with van der Waals surface area (Å²) in [6.45, 7) is 3.94. The molecule has 0 aromatic heterocycles. The van der Waals surface area contributed by atoms with E-state index in [1.165, 1.54) is 23.9 Å². The highest BCUT2D eigenvalue weighted by Gasteiger charge is 2.31. The Kier molecular flexibility index (Phi) is 5.57. The lowest BCUT2D eigenvalue weighted by Gasteiger charge is -2.08. The molecule has 0 unspecified atom stereocenters. The third-order valence-corrected chi connectivity index (χ3v) is 4.12. The maximum Gasteiger partial charge on any atom is 0.240 e. The molecule has 0 radical (unpaired) electrons. The molecule has 1 aliphatic rings. The van der Waals surface area contributed by atoms with E-state index in [1.54, 1.807) is 6.08 Å². The molecule has 0 bridgehead atoms. The fourth-order valence-corrected chi connectivity index (χ4v) is 2.88. The zero-order valence-corrected chi connectivity index (χ0v) is 13.0. The molecule has 0 saturated carbocycles. The third kappa shape index (κ3) is 4.32. The number of nitrogens with zero attached hydrogens (tertiary/aromatic N) is 1. The van der Waals surface area contributed by atoms with E-state index in [4.69, 9.17) is 11.6 Å². The monoisotopic (exact) mass is 341 g/mol. The van der Waals surface area contributed by atoms with Crippen molar-refractivity contribution in [1.29, 1.82) is 0 Å². The predicted octanol–water partition coefficient (Wildman–Crippen LogP) is 2.58. The van der Waals surface area contributed by atoms with Gasteiger partial charge in [0.15, 0.2) is 5.17 Å². The number of amides is 2. The Morgan fingerprint density at radius 3 is 3.05 bits per heavy atom. The van der Waals surface area contributed by atoms with Gasteiger partial charge in [0.2, 0.25) is 11.8 Å². The van der Waals surface area contributed by atoms with Gasteiger partial charge in [-0.25, -0.2) is 4.39 Å². The van der Waals surface area contributed by atoms with Crippen LogP contribution in [0.2, 0.25) is 5.02 Å². The summed E-state index contributed by atoms with van der Waals surface area (Å²) >= 11 is 6.84. The Labute approximate surface area is 136 Å². The Bertz CT molecular complexity index is 651. The maximum absolute atomic E-state index is 13.0. The summed E-state index contributed by atoms with van der Waals surface area (Å²) in [6, 6.07) is 3.88. The predicted molar refractivity (Wildman–Crippen MR) is 86.7 cm³/mol. The molecule has 1 heterocycles. The summed E-state index contributed by atoms with van der Waals surface area (Å²) < 4.78 is 13.0. The number of amidine groups is 1. The van der Waals surface area contributed by atoms with Gasteiger partial charge in [-0.2, -0.15) is 0 Å². The molecule has 1 aliphatic heterocycles. The molecular weight excluding hydrogens is 329 g/mol. The van der Waals surface area contributed by atoms with Gasteiger partial charge < -0.3 is 10.6 Å². The van der Waals surface area contributed by atoms with Crippen LogP contribution in [0, 0.1) is 5.82 Å². The van der Waals surface area contributed by atoms with E-state index in [0.29, 0.717) is 17.4 Å². The molecule has 1 atom stereocenters. The second-order valence-corrected chi connectivity index (χ2v) is 6.01. The number of anilines is 1. The summed E-state index contributed by atoms with van der Waals surface area (Å²) in [6.07, 6.45) is 1.59. The fourth-order valence-electron chi connectivity index (χ4n) is 1.72. The third-order valence-electron chi connectivity index (χ3n) is 2.71. The number of nitrogens with one attached hydrogen (secondary N) is 2. The summed E-state index contributed by atoms with van der Waals surface area (Å²) in [5.74, 6) is -1.19. The van der Waals surface area contributed by atoms with E-state index in [0.717, 1.165) is 6.07 Å². The minimum atomic E-state index is -0.562. The molecule has 22 heavy (non-hydrogen) atoms. The van der Waals surface area contributed by atoms with E-state index < -0.39 is 11.1 Å². The van der Waals surface area contributed by atoms with Crippen LogP contribution in [-0.2, 0) is 9.59 Å². The molecular formula is C14H13ClFN3O2S. The molecule has 2 N–H and O–H groups in total. The normalized spacial score (nSPS) is 19.1. The van der Waals surface area contributed by atoms with Crippen molar-refractivity contribution >= 4 is 46.0 Å².